The van der Waals surface area contributed by atoms with Gasteiger partial charge in [-0.1, -0.05) is 6.92 Å². The lowest BCUT2D eigenvalue weighted by Gasteiger charge is -2.18. The molecule has 0 saturated heterocycles. The standard InChI is InChI=1S/C17H24N4O3/c1-4-13(14-7-9-19-21(14)2)20-17(22)12-5-6-15(23-3)16(11-12)24-10-8-18/h5-7,9,11,13H,4,8,10,18H2,1-3H3,(H,20,22). The number of rotatable bonds is 8. The number of carbonyl (C=O) groups excluding carboxylic acids is 1. The van der Waals surface area contributed by atoms with E-state index in [-0.39, 0.29) is 11.9 Å². The van der Waals surface area contributed by atoms with E-state index in [2.05, 4.69) is 10.4 Å². The van der Waals surface area contributed by atoms with Gasteiger partial charge in [0.25, 0.3) is 5.91 Å². The Bertz CT molecular complexity index is 684. The molecule has 0 aliphatic heterocycles. The van der Waals surface area contributed by atoms with Crippen molar-refractivity contribution >= 4 is 5.91 Å². The Balaban J connectivity index is 2.18. The predicted molar refractivity (Wildman–Crippen MR) is 91.2 cm³/mol. The van der Waals surface area contributed by atoms with Crippen LogP contribution in [0.3, 0.4) is 0 Å². The topological polar surface area (TPSA) is 91.4 Å². The number of methoxy groups -OCH3 is 1. The molecule has 3 N–H and O–H groups in total. The number of aryl methyl sites for hydroxylation is 1. The third-order valence-corrected chi connectivity index (χ3v) is 3.73. The second-order valence-electron chi connectivity index (χ2n) is 5.32. The van der Waals surface area contributed by atoms with E-state index in [9.17, 15) is 4.79 Å². The van der Waals surface area contributed by atoms with Crippen LogP contribution in [-0.4, -0.2) is 35.9 Å². The van der Waals surface area contributed by atoms with Gasteiger partial charge in [-0.25, -0.2) is 0 Å². The number of nitrogens with zero attached hydrogens (tertiary/aromatic N) is 2. The van der Waals surface area contributed by atoms with Crippen LogP contribution in [0, 0.1) is 0 Å². The Kier molecular flexibility index (Phi) is 6.20. The maximum atomic E-state index is 12.6. The Labute approximate surface area is 141 Å². The van der Waals surface area contributed by atoms with Gasteiger partial charge in [0.2, 0.25) is 0 Å². The van der Waals surface area contributed by atoms with Gasteiger partial charge in [0.1, 0.15) is 6.61 Å². The summed E-state index contributed by atoms with van der Waals surface area (Å²) in [4.78, 5) is 12.6. The zero-order valence-electron chi connectivity index (χ0n) is 14.3. The van der Waals surface area contributed by atoms with Crippen molar-refractivity contribution in [2.75, 3.05) is 20.3 Å². The van der Waals surface area contributed by atoms with Gasteiger partial charge in [-0.2, -0.15) is 5.10 Å². The molecule has 0 aliphatic rings. The Morgan fingerprint density at radius 3 is 2.75 bits per heavy atom. The summed E-state index contributed by atoms with van der Waals surface area (Å²) >= 11 is 0. The first-order valence-electron chi connectivity index (χ1n) is 7.90. The lowest BCUT2D eigenvalue weighted by molar-refractivity contribution is 0.0933. The number of nitrogens with one attached hydrogen (secondary N) is 1. The highest BCUT2D eigenvalue weighted by Crippen LogP contribution is 2.28. The average molecular weight is 332 g/mol. The van der Waals surface area contributed by atoms with E-state index in [4.69, 9.17) is 15.2 Å². The zero-order chi connectivity index (χ0) is 17.5. The largest absolute Gasteiger partial charge is 0.493 e. The average Bonchev–Trinajstić information content (AvgIpc) is 3.03. The Morgan fingerprint density at radius 1 is 1.38 bits per heavy atom. The van der Waals surface area contributed by atoms with Crippen LogP contribution in [0.25, 0.3) is 0 Å². The number of aromatic nitrogens is 2. The fourth-order valence-electron chi connectivity index (χ4n) is 2.45. The minimum atomic E-state index is -0.177. The first-order chi connectivity index (χ1) is 11.6. The van der Waals surface area contributed by atoms with Crippen LogP contribution < -0.4 is 20.5 Å². The molecule has 2 aromatic rings. The molecule has 1 atom stereocenters. The van der Waals surface area contributed by atoms with E-state index >= 15 is 0 Å². The lowest BCUT2D eigenvalue weighted by Crippen LogP contribution is -2.29. The van der Waals surface area contributed by atoms with Crippen molar-refractivity contribution in [1.82, 2.24) is 15.1 Å². The summed E-state index contributed by atoms with van der Waals surface area (Å²) in [5.41, 5.74) is 6.93. The molecular formula is C17H24N4O3. The monoisotopic (exact) mass is 332 g/mol. The number of nitrogens with two attached hydrogens (primary N) is 1. The molecule has 7 nitrogen and oxygen atoms in total. The van der Waals surface area contributed by atoms with Crippen molar-refractivity contribution in [3.05, 3.63) is 41.7 Å². The molecule has 24 heavy (non-hydrogen) atoms. The molecular weight excluding hydrogens is 308 g/mol. The quantitative estimate of drug-likeness (QED) is 0.767. The fourth-order valence-corrected chi connectivity index (χ4v) is 2.45. The molecule has 1 heterocycles. The van der Waals surface area contributed by atoms with Crippen molar-refractivity contribution in [3.8, 4) is 11.5 Å². The van der Waals surface area contributed by atoms with Gasteiger partial charge in [0.05, 0.1) is 18.8 Å². The van der Waals surface area contributed by atoms with E-state index in [0.717, 1.165) is 12.1 Å². The van der Waals surface area contributed by atoms with Crippen molar-refractivity contribution in [2.24, 2.45) is 12.8 Å². The fraction of sp³-hybridized carbons (Fsp3) is 0.412. The van der Waals surface area contributed by atoms with Crippen molar-refractivity contribution in [3.63, 3.8) is 0 Å². The Morgan fingerprint density at radius 2 is 2.17 bits per heavy atom. The molecule has 1 aromatic heterocycles. The van der Waals surface area contributed by atoms with Crippen LogP contribution >= 0.6 is 0 Å². The molecule has 2 rings (SSSR count). The number of hydrogen-bond donors (Lipinski definition) is 2. The van der Waals surface area contributed by atoms with E-state index < -0.39 is 0 Å². The van der Waals surface area contributed by atoms with Gasteiger partial charge in [0, 0.05) is 25.4 Å². The predicted octanol–water partition coefficient (Wildman–Crippen LogP) is 1.65. The summed E-state index contributed by atoms with van der Waals surface area (Å²) in [6, 6.07) is 6.88. The molecule has 0 saturated carbocycles. The summed E-state index contributed by atoms with van der Waals surface area (Å²) < 4.78 is 12.6. The number of benzene rings is 1. The van der Waals surface area contributed by atoms with Gasteiger partial charge < -0.3 is 20.5 Å². The maximum Gasteiger partial charge on any atom is 0.251 e. The van der Waals surface area contributed by atoms with Crippen molar-refractivity contribution in [1.29, 1.82) is 0 Å². The number of carbonyl (C=O) groups is 1. The van der Waals surface area contributed by atoms with E-state index in [1.165, 1.54) is 0 Å². The smallest absolute Gasteiger partial charge is 0.251 e. The number of hydrogen-bond acceptors (Lipinski definition) is 5. The third-order valence-electron chi connectivity index (χ3n) is 3.73. The minimum absolute atomic E-state index is 0.111. The van der Waals surface area contributed by atoms with Crippen LogP contribution in [0.1, 0.15) is 35.4 Å². The van der Waals surface area contributed by atoms with Gasteiger partial charge in [-0.3, -0.25) is 9.48 Å². The molecule has 0 fully saturated rings. The van der Waals surface area contributed by atoms with Crippen molar-refractivity contribution < 1.29 is 14.3 Å². The molecule has 1 aromatic carbocycles. The number of amides is 1. The molecule has 130 valence electrons. The van der Waals surface area contributed by atoms with Crippen LogP contribution in [0.2, 0.25) is 0 Å². The molecule has 0 bridgehead atoms. The third kappa shape index (κ3) is 4.05. The molecule has 0 radical (unpaired) electrons. The van der Waals surface area contributed by atoms with Crippen molar-refractivity contribution in [2.45, 2.75) is 19.4 Å². The van der Waals surface area contributed by atoms with Crippen LogP contribution in [0.5, 0.6) is 11.5 Å². The number of ether oxygens (including phenoxy) is 2. The summed E-state index contributed by atoms with van der Waals surface area (Å²) in [6.07, 6.45) is 2.48. The van der Waals surface area contributed by atoms with Gasteiger partial charge in [-0.15, -0.1) is 0 Å². The highest BCUT2D eigenvalue weighted by Gasteiger charge is 2.18. The summed E-state index contributed by atoms with van der Waals surface area (Å²) in [5.74, 6) is 0.895. The SMILES string of the molecule is CCC(NC(=O)c1ccc(OC)c(OCCN)c1)c1ccnn1C. The van der Waals surface area contributed by atoms with E-state index in [0.29, 0.717) is 30.2 Å². The second-order valence-corrected chi connectivity index (χ2v) is 5.32. The lowest BCUT2D eigenvalue weighted by atomic mass is 10.1. The molecule has 0 aliphatic carbocycles. The van der Waals surface area contributed by atoms with Gasteiger partial charge in [-0.05, 0) is 30.7 Å². The molecule has 7 heteroatoms. The first-order valence-corrected chi connectivity index (χ1v) is 7.90. The van der Waals surface area contributed by atoms with E-state index in [1.54, 1.807) is 36.2 Å². The highest BCUT2D eigenvalue weighted by atomic mass is 16.5. The molecule has 1 amide bonds. The van der Waals surface area contributed by atoms with E-state index in [1.807, 2.05) is 20.0 Å². The maximum absolute atomic E-state index is 12.6. The first kappa shape index (κ1) is 17.8. The van der Waals surface area contributed by atoms with Gasteiger partial charge in [0.15, 0.2) is 11.5 Å². The van der Waals surface area contributed by atoms with Crippen LogP contribution in [0.4, 0.5) is 0 Å². The molecule has 1 unspecified atom stereocenters. The Hall–Kier alpha value is -2.54. The summed E-state index contributed by atoms with van der Waals surface area (Å²) in [7, 11) is 3.41. The highest BCUT2D eigenvalue weighted by molar-refractivity contribution is 5.95. The van der Waals surface area contributed by atoms with Gasteiger partial charge >= 0.3 is 0 Å². The summed E-state index contributed by atoms with van der Waals surface area (Å²) in [6.45, 7) is 2.76. The normalized spacial score (nSPS) is 11.8. The second kappa shape index (κ2) is 8.35. The summed E-state index contributed by atoms with van der Waals surface area (Å²) in [5, 5.41) is 7.18. The molecule has 0 spiro atoms. The van der Waals surface area contributed by atoms with Crippen LogP contribution in [-0.2, 0) is 7.05 Å². The zero-order valence-corrected chi connectivity index (χ0v) is 14.3. The minimum Gasteiger partial charge on any atom is -0.493 e. The van der Waals surface area contributed by atoms with Crippen LogP contribution in [0.15, 0.2) is 30.5 Å².